The number of aromatic nitrogens is 7. The van der Waals surface area contributed by atoms with Gasteiger partial charge in [-0.15, -0.1) is 10.2 Å². The predicted molar refractivity (Wildman–Crippen MR) is 137 cm³/mol. The van der Waals surface area contributed by atoms with Gasteiger partial charge in [0.05, 0.1) is 12.4 Å². The second-order valence-electron chi connectivity index (χ2n) is 10.0. The number of aliphatic imine (C=N–C) groups is 1. The Bertz CT molecular complexity index is 1500. The van der Waals surface area contributed by atoms with Crippen LogP contribution in [0.2, 0.25) is 0 Å². The van der Waals surface area contributed by atoms with E-state index in [4.69, 9.17) is 20.7 Å². The number of hydrogen-bond acceptors (Lipinski definition) is 7. The summed E-state index contributed by atoms with van der Waals surface area (Å²) in [5.74, 6) is 2.13. The maximum atomic E-state index is 6.13. The van der Waals surface area contributed by atoms with Crippen LogP contribution in [0.5, 0.6) is 0 Å². The topological polar surface area (TPSA) is 124 Å². The van der Waals surface area contributed by atoms with Crippen molar-refractivity contribution >= 4 is 33.5 Å². The molecule has 2 aliphatic carbocycles. The van der Waals surface area contributed by atoms with Gasteiger partial charge < -0.3 is 10.7 Å². The first-order chi connectivity index (χ1) is 17.0. The molecule has 0 aliphatic heterocycles. The molecule has 3 N–H and O–H groups in total. The van der Waals surface area contributed by atoms with E-state index in [0.29, 0.717) is 5.82 Å². The standard InChI is InChI=1S/C26H29N9/c1-26(12-4-3-5-13-26)15-21-30-24(28-18-9-7-17(27)8-10-18)22-19-11-6-16(23-32-34-35(2)33-23)14-20(19)29-25(22)31-21/h3-6,11-12,14,17H,7-10,13,15,27H2,1-2H3,(H,29,30,31). The van der Waals surface area contributed by atoms with Crippen molar-refractivity contribution in [2.24, 2.45) is 23.2 Å². The summed E-state index contributed by atoms with van der Waals surface area (Å²) in [6.07, 6.45) is 14.1. The number of tetrazole rings is 1. The smallest absolute Gasteiger partial charge is 0.204 e. The zero-order valence-corrected chi connectivity index (χ0v) is 20.1. The van der Waals surface area contributed by atoms with Gasteiger partial charge in [0, 0.05) is 34.6 Å². The van der Waals surface area contributed by atoms with Gasteiger partial charge >= 0.3 is 0 Å². The first-order valence-corrected chi connectivity index (χ1v) is 12.2. The number of aryl methyl sites for hydroxylation is 1. The first-order valence-electron chi connectivity index (χ1n) is 12.2. The number of hydrogen-bond donors (Lipinski definition) is 2. The number of rotatable bonds is 4. The third-order valence-electron chi connectivity index (χ3n) is 7.01. The molecule has 9 nitrogen and oxygen atoms in total. The van der Waals surface area contributed by atoms with Crippen molar-refractivity contribution in [3.8, 4) is 11.4 Å². The van der Waals surface area contributed by atoms with Crippen LogP contribution in [-0.2, 0) is 13.5 Å². The van der Waals surface area contributed by atoms with Crippen molar-refractivity contribution in [2.45, 2.75) is 51.5 Å². The number of nitrogens with zero attached hydrogens (tertiary/aromatic N) is 7. The summed E-state index contributed by atoms with van der Waals surface area (Å²) >= 11 is 0. The third kappa shape index (κ3) is 4.27. The third-order valence-corrected chi connectivity index (χ3v) is 7.01. The second kappa shape index (κ2) is 8.49. The van der Waals surface area contributed by atoms with Gasteiger partial charge in [0.25, 0.3) is 0 Å². The molecule has 35 heavy (non-hydrogen) atoms. The Balaban J connectivity index is 1.48. The Morgan fingerprint density at radius 3 is 2.80 bits per heavy atom. The van der Waals surface area contributed by atoms with Crippen LogP contribution in [0.3, 0.4) is 0 Å². The van der Waals surface area contributed by atoms with Crippen molar-refractivity contribution in [3.63, 3.8) is 0 Å². The van der Waals surface area contributed by atoms with Crippen molar-refractivity contribution in [3.05, 3.63) is 48.3 Å². The van der Waals surface area contributed by atoms with Crippen molar-refractivity contribution in [1.29, 1.82) is 0 Å². The van der Waals surface area contributed by atoms with Crippen LogP contribution in [0.4, 0.5) is 5.82 Å². The number of aromatic amines is 1. The molecule has 1 aromatic carbocycles. The summed E-state index contributed by atoms with van der Waals surface area (Å²) in [6, 6.07) is 6.39. The van der Waals surface area contributed by atoms with Crippen LogP contribution in [-0.4, -0.2) is 46.9 Å². The molecule has 9 heteroatoms. The fourth-order valence-corrected chi connectivity index (χ4v) is 5.02. The van der Waals surface area contributed by atoms with E-state index >= 15 is 0 Å². The summed E-state index contributed by atoms with van der Waals surface area (Å²) in [6.45, 7) is 2.25. The van der Waals surface area contributed by atoms with E-state index in [-0.39, 0.29) is 11.5 Å². The lowest BCUT2D eigenvalue weighted by Crippen LogP contribution is -2.26. The summed E-state index contributed by atoms with van der Waals surface area (Å²) < 4.78 is 0. The molecular formula is C26H29N9. The number of H-pyrrole nitrogens is 1. The van der Waals surface area contributed by atoms with Gasteiger partial charge in [-0.3, -0.25) is 0 Å². The van der Waals surface area contributed by atoms with Gasteiger partial charge in [-0.25, -0.2) is 15.0 Å². The SMILES string of the molecule is Cn1nnc(-c2ccc3c(c2)[nH]c2nc(CC4(C)C=CC=CC4)nc(N=C4CCC(N)CC4)c23)n1. The molecule has 1 saturated carbocycles. The molecule has 0 spiro atoms. The molecular weight excluding hydrogens is 438 g/mol. The average molecular weight is 468 g/mol. The highest BCUT2D eigenvalue weighted by Gasteiger charge is 2.25. The highest BCUT2D eigenvalue weighted by atomic mass is 15.6. The number of benzene rings is 1. The molecule has 4 aromatic rings. The Kier molecular flexibility index (Phi) is 5.29. The fraction of sp³-hybridized carbons (Fsp3) is 0.385. The highest BCUT2D eigenvalue weighted by molar-refractivity contribution is 6.12. The van der Waals surface area contributed by atoms with Gasteiger partial charge in [-0.05, 0) is 48.8 Å². The zero-order chi connectivity index (χ0) is 24.0. The Morgan fingerprint density at radius 1 is 1.20 bits per heavy atom. The number of nitrogens with one attached hydrogen (secondary N) is 1. The van der Waals surface area contributed by atoms with Crippen LogP contribution in [0, 0.1) is 5.41 Å². The van der Waals surface area contributed by atoms with Gasteiger partial charge in [0.15, 0.2) is 5.82 Å². The van der Waals surface area contributed by atoms with Crippen LogP contribution in [0.15, 0.2) is 47.5 Å². The summed E-state index contributed by atoms with van der Waals surface area (Å²) in [5, 5.41) is 14.4. The molecule has 1 fully saturated rings. The summed E-state index contributed by atoms with van der Waals surface area (Å²) in [5.41, 5.74) is 9.94. The molecule has 178 valence electrons. The minimum atomic E-state index is -0.0126. The van der Waals surface area contributed by atoms with Crippen LogP contribution >= 0.6 is 0 Å². The Labute approximate surface area is 203 Å². The molecule has 2 aliphatic rings. The highest BCUT2D eigenvalue weighted by Crippen LogP contribution is 2.36. The van der Waals surface area contributed by atoms with E-state index in [2.05, 4.69) is 57.7 Å². The van der Waals surface area contributed by atoms with Crippen molar-refractivity contribution in [2.75, 3.05) is 0 Å². The lowest BCUT2D eigenvalue weighted by atomic mass is 9.80. The maximum Gasteiger partial charge on any atom is 0.204 e. The maximum absolute atomic E-state index is 6.13. The minimum absolute atomic E-state index is 0.0126. The molecule has 3 heterocycles. The van der Waals surface area contributed by atoms with Crippen LogP contribution in [0.1, 0.15) is 44.9 Å². The van der Waals surface area contributed by atoms with E-state index in [1.807, 2.05) is 12.1 Å². The van der Waals surface area contributed by atoms with Gasteiger partial charge in [-0.1, -0.05) is 43.4 Å². The zero-order valence-electron chi connectivity index (χ0n) is 20.1. The van der Waals surface area contributed by atoms with Gasteiger partial charge in [-0.2, -0.15) is 4.80 Å². The Hall–Kier alpha value is -3.72. The number of nitrogens with two attached hydrogens (primary N) is 1. The molecule has 0 bridgehead atoms. The lowest BCUT2D eigenvalue weighted by Gasteiger charge is -2.25. The van der Waals surface area contributed by atoms with E-state index in [0.717, 1.165) is 77.7 Å². The average Bonchev–Trinajstić information content (AvgIpc) is 3.43. The summed E-state index contributed by atoms with van der Waals surface area (Å²) in [7, 11) is 1.76. The second-order valence-corrected chi connectivity index (χ2v) is 10.0. The van der Waals surface area contributed by atoms with E-state index in [9.17, 15) is 0 Å². The van der Waals surface area contributed by atoms with Crippen LogP contribution < -0.4 is 5.73 Å². The number of fused-ring (bicyclic) bond motifs is 3. The molecule has 0 radical (unpaired) electrons. The molecule has 1 unspecified atom stereocenters. The monoisotopic (exact) mass is 467 g/mol. The Morgan fingerprint density at radius 2 is 2.06 bits per heavy atom. The first kappa shape index (κ1) is 21.8. The normalized spacial score (nSPS) is 22.4. The largest absolute Gasteiger partial charge is 0.339 e. The summed E-state index contributed by atoms with van der Waals surface area (Å²) in [4.78, 5) is 20.0. The molecule has 0 saturated heterocycles. The van der Waals surface area contributed by atoms with E-state index in [1.165, 1.54) is 10.5 Å². The van der Waals surface area contributed by atoms with Gasteiger partial charge in [0.2, 0.25) is 5.82 Å². The molecule has 1 atom stereocenters. The van der Waals surface area contributed by atoms with Crippen molar-refractivity contribution in [1.82, 2.24) is 35.2 Å². The van der Waals surface area contributed by atoms with E-state index < -0.39 is 0 Å². The lowest BCUT2D eigenvalue weighted by molar-refractivity contribution is 0.417. The molecule has 6 rings (SSSR count). The fourth-order valence-electron chi connectivity index (χ4n) is 5.02. The molecule has 3 aromatic heterocycles. The van der Waals surface area contributed by atoms with E-state index in [1.54, 1.807) is 7.05 Å². The predicted octanol–water partition coefficient (Wildman–Crippen LogP) is 4.34. The van der Waals surface area contributed by atoms with Crippen molar-refractivity contribution < 1.29 is 0 Å². The minimum Gasteiger partial charge on any atom is -0.339 e. The molecule has 0 amide bonds. The van der Waals surface area contributed by atoms with Gasteiger partial charge in [0.1, 0.15) is 11.5 Å². The van der Waals surface area contributed by atoms with Crippen LogP contribution in [0.25, 0.3) is 33.3 Å². The number of allylic oxidation sites excluding steroid dienone is 4. The quantitative estimate of drug-likeness (QED) is 0.460.